The summed E-state index contributed by atoms with van der Waals surface area (Å²) in [5, 5.41) is 0. The highest BCUT2D eigenvalue weighted by atomic mass is 17.2. The van der Waals surface area contributed by atoms with E-state index in [0.29, 0.717) is 36.1 Å². The SMILES string of the molecule is CCC(C)OOC(=O)CCc1ccc(OCc2nc(-c3ccccn3)oc2C)cc1. The molecule has 3 aromatic rings. The van der Waals surface area contributed by atoms with Crippen molar-refractivity contribution < 1.29 is 23.7 Å². The molecule has 3 rings (SSSR count). The van der Waals surface area contributed by atoms with Crippen LogP contribution in [0, 0.1) is 6.92 Å². The van der Waals surface area contributed by atoms with Crippen molar-refractivity contribution in [1.82, 2.24) is 9.97 Å². The van der Waals surface area contributed by atoms with E-state index in [1.54, 1.807) is 6.20 Å². The minimum atomic E-state index is -0.374. The molecule has 2 aromatic heterocycles. The van der Waals surface area contributed by atoms with Crippen LogP contribution in [0.5, 0.6) is 5.75 Å². The summed E-state index contributed by atoms with van der Waals surface area (Å²) >= 11 is 0. The molecule has 0 spiro atoms. The third-order valence-corrected chi connectivity index (χ3v) is 4.57. The standard InChI is InChI=1S/C23H26N2O5/c1-4-16(2)29-30-22(26)13-10-18-8-11-19(12-9-18)27-15-21-17(3)28-23(25-21)20-7-5-6-14-24-20/h5-9,11-12,14,16H,4,10,13,15H2,1-3H3. The Morgan fingerprint density at radius 2 is 1.97 bits per heavy atom. The number of hydrogen-bond acceptors (Lipinski definition) is 7. The van der Waals surface area contributed by atoms with Crippen molar-refractivity contribution in [3.05, 3.63) is 65.7 Å². The smallest absolute Gasteiger partial charge is 0.342 e. The van der Waals surface area contributed by atoms with Gasteiger partial charge in [0.2, 0.25) is 5.89 Å². The maximum Gasteiger partial charge on any atom is 0.342 e. The van der Waals surface area contributed by atoms with Gasteiger partial charge >= 0.3 is 5.97 Å². The van der Waals surface area contributed by atoms with Crippen LogP contribution >= 0.6 is 0 Å². The molecule has 0 saturated carbocycles. The molecular weight excluding hydrogens is 384 g/mol. The molecule has 0 aliphatic carbocycles. The van der Waals surface area contributed by atoms with Gasteiger partial charge in [-0.3, -0.25) is 9.87 Å². The predicted molar refractivity (Wildman–Crippen MR) is 110 cm³/mol. The normalized spacial score (nSPS) is 11.8. The number of pyridine rings is 1. The second-order valence-electron chi connectivity index (χ2n) is 6.94. The molecule has 7 nitrogen and oxygen atoms in total. The Morgan fingerprint density at radius 1 is 1.17 bits per heavy atom. The van der Waals surface area contributed by atoms with Gasteiger partial charge < -0.3 is 9.15 Å². The summed E-state index contributed by atoms with van der Waals surface area (Å²) in [7, 11) is 0. The fourth-order valence-electron chi connectivity index (χ4n) is 2.56. The number of carbonyl (C=O) groups is 1. The summed E-state index contributed by atoms with van der Waals surface area (Å²) in [5.41, 5.74) is 2.42. The van der Waals surface area contributed by atoms with Gasteiger partial charge in [-0.1, -0.05) is 25.1 Å². The zero-order chi connectivity index (χ0) is 21.3. The highest BCUT2D eigenvalue weighted by molar-refractivity contribution is 5.69. The van der Waals surface area contributed by atoms with Crippen LogP contribution < -0.4 is 4.74 Å². The summed E-state index contributed by atoms with van der Waals surface area (Å²) in [6, 6.07) is 13.2. The van der Waals surface area contributed by atoms with E-state index in [4.69, 9.17) is 18.9 Å². The van der Waals surface area contributed by atoms with E-state index in [1.807, 2.05) is 63.2 Å². The zero-order valence-corrected chi connectivity index (χ0v) is 17.5. The molecule has 0 N–H and O–H groups in total. The van der Waals surface area contributed by atoms with Crippen LogP contribution in [0.15, 0.2) is 53.1 Å². The average Bonchev–Trinajstić information content (AvgIpc) is 3.16. The molecule has 0 bridgehead atoms. The van der Waals surface area contributed by atoms with Crippen LogP contribution in [0.25, 0.3) is 11.6 Å². The topological polar surface area (TPSA) is 83.7 Å². The summed E-state index contributed by atoms with van der Waals surface area (Å²) in [6.07, 6.45) is 3.21. The Bertz CT molecular complexity index is 938. The van der Waals surface area contributed by atoms with E-state index < -0.39 is 0 Å². The molecular formula is C23H26N2O5. The van der Waals surface area contributed by atoms with Crippen molar-refractivity contribution in [2.24, 2.45) is 0 Å². The zero-order valence-electron chi connectivity index (χ0n) is 17.5. The molecule has 0 saturated heterocycles. The largest absolute Gasteiger partial charge is 0.487 e. The van der Waals surface area contributed by atoms with Crippen LogP contribution in [-0.2, 0) is 27.6 Å². The van der Waals surface area contributed by atoms with Crippen LogP contribution in [-0.4, -0.2) is 22.0 Å². The van der Waals surface area contributed by atoms with E-state index in [9.17, 15) is 4.79 Å². The van der Waals surface area contributed by atoms with Gasteiger partial charge in [0.15, 0.2) is 0 Å². The minimum absolute atomic E-state index is 0.0984. The number of ether oxygens (including phenoxy) is 1. The highest BCUT2D eigenvalue weighted by Crippen LogP contribution is 2.21. The summed E-state index contributed by atoms with van der Waals surface area (Å²) in [5.74, 6) is 1.51. The first-order valence-corrected chi connectivity index (χ1v) is 10.0. The van der Waals surface area contributed by atoms with Crippen molar-refractivity contribution >= 4 is 5.97 Å². The van der Waals surface area contributed by atoms with E-state index >= 15 is 0 Å². The minimum Gasteiger partial charge on any atom is -0.487 e. The Balaban J connectivity index is 1.48. The number of rotatable bonds is 10. The monoisotopic (exact) mass is 410 g/mol. The third-order valence-electron chi connectivity index (χ3n) is 4.57. The predicted octanol–water partition coefficient (Wildman–Crippen LogP) is 4.83. The molecule has 158 valence electrons. The molecule has 0 aliphatic heterocycles. The fourth-order valence-corrected chi connectivity index (χ4v) is 2.56. The Kier molecular flexibility index (Phi) is 7.57. The van der Waals surface area contributed by atoms with Gasteiger partial charge in [-0.25, -0.2) is 9.78 Å². The van der Waals surface area contributed by atoms with Crippen molar-refractivity contribution in [1.29, 1.82) is 0 Å². The number of benzene rings is 1. The molecule has 7 heteroatoms. The third kappa shape index (κ3) is 6.15. The first-order chi connectivity index (χ1) is 14.5. The summed E-state index contributed by atoms with van der Waals surface area (Å²) in [6.45, 7) is 5.96. The van der Waals surface area contributed by atoms with E-state index in [-0.39, 0.29) is 18.5 Å². The number of oxazole rings is 1. The molecule has 0 aliphatic rings. The van der Waals surface area contributed by atoms with E-state index in [0.717, 1.165) is 17.7 Å². The molecule has 1 atom stereocenters. The molecule has 1 aromatic carbocycles. The van der Waals surface area contributed by atoms with Crippen molar-refractivity contribution in [3.8, 4) is 17.3 Å². The maximum atomic E-state index is 11.7. The first kappa shape index (κ1) is 21.5. The molecule has 0 fully saturated rings. The first-order valence-electron chi connectivity index (χ1n) is 10.0. The number of hydrogen-bond donors (Lipinski definition) is 0. The second kappa shape index (κ2) is 10.5. The lowest BCUT2D eigenvalue weighted by Crippen LogP contribution is -2.13. The highest BCUT2D eigenvalue weighted by Gasteiger charge is 2.13. The Labute approximate surface area is 175 Å². The van der Waals surface area contributed by atoms with Crippen molar-refractivity contribution in [2.45, 2.75) is 52.7 Å². The van der Waals surface area contributed by atoms with Crippen LogP contribution in [0.1, 0.15) is 43.7 Å². The Morgan fingerprint density at radius 3 is 2.67 bits per heavy atom. The van der Waals surface area contributed by atoms with Gasteiger partial charge in [0.1, 0.15) is 35.6 Å². The van der Waals surface area contributed by atoms with E-state index in [1.165, 1.54) is 0 Å². The maximum absolute atomic E-state index is 11.7. The van der Waals surface area contributed by atoms with E-state index in [2.05, 4.69) is 9.97 Å². The summed E-state index contributed by atoms with van der Waals surface area (Å²) < 4.78 is 11.5. The van der Waals surface area contributed by atoms with Crippen LogP contribution in [0.2, 0.25) is 0 Å². The molecule has 2 heterocycles. The number of nitrogens with zero attached hydrogens (tertiary/aromatic N) is 2. The summed E-state index contributed by atoms with van der Waals surface area (Å²) in [4.78, 5) is 30.2. The van der Waals surface area contributed by atoms with Crippen molar-refractivity contribution in [3.63, 3.8) is 0 Å². The number of carbonyl (C=O) groups excluding carboxylic acids is 1. The second-order valence-corrected chi connectivity index (χ2v) is 6.94. The van der Waals surface area contributed by atoms with Gasteiger partial charge in [0.05, 0.1) is 6.42 Å². The fraction of sp³-hybridized carbons (Fsp3) is 0.348. The van der Waals surface area contributed by atoms with Gasteiger partial charge in [-0.05, 0) is 56.5 Å². The lowest BCUT2D eigenvalue weighted by Gasteiger charge is -2.09. The molecule has 1 unspecified atom stereocenters. The van der Waals surface area contributed by atoms with Gasteiger partial charge in [-0.15, -0.1) is 0 Å². The van der Waals surface area contributed by atoms with Crippen LogP contribution in [0.4, 0.5) is 0 Å². The Hall–Kier alpha value is -3.19. The number of aryl methyl sites for hydroxylation is 2. The number of aromatic nitrogens is 2. The van der Waals surface area contributed by atoms with Gasteiger partial charge in [-0.2, -0.15) is 4.89 Å². The lowest BCUT2D eigenvalue weighted by atomic mass is 10.1. The average molecular weight is 410 g/mol. The van der Waals surface area contributed by atoms with Crippen molar-refractivity contribution in [2.75, 3.05) is 0 Å². The van der Waals surface area contributed by atoms with Gasteiger partial charge in [0, 0.05) is 6.20 Å². The lowest BCUT2D eigenvalue weighted by molar-refractivity contribution is -0.294. The molecule has 30 heavy (non-hydrogen) atoms. The van der Waals surface area contributed by atoms with Gasteiger partial charge in [0.25, 0.3) is 0 Å². The molecule has 0 radical (unpaired) electrons. The molecule has 0 amide bonds. The van der Waals surface area contributed by atoms with Crippen LogP contribution in [0.3, 0.4) is 0 Å². The quantitative estimate of drug-likeness (QED) is 0.350.